The smallest absolute Gasteiger partial charge is 0.406 e. The van der Waals surface area contributed by atoms with Gasteiger partial charge in [0.25, 0.3) is 0 Å². The van der Waals surface area contributed by atoms with Gasteiger partial charge in [0.05, 0.1) is 5.69 Å². The van der Waals surface area contributed by atoms with E-state index in [4.69, 9.17) is 5.14 Å². The van der Waals surface area contributed by atoms with E-state index in [0.29, 0.717) is 12.1 Å². The molecule has 0 aliphatic heterocycles. The zero-order valence-corrected chi connectivity index (χ0v) is 15.1. The molecule has 3 aromatic rings. The summed E-state index contributed by atoms with van der Waals surface area (Å²) in [5, 5.41) is 4.85. The Hall–Kier alpha value is -3.05. The molecule has 0 bridgehead atoms. The van der Waals surface area contributed by atoms with Crippen molar-refractivity contribution in [1.29, 1.82) is 0 Å². The molecule has 0 amide bonds. The third-order valence-electron chi connectivity index (χ3n) is 3.77. The van der Waals surface area contributed by atoms with E-state index in [9.17, 15) is 30.4 Å². The van der Waals surface area contributed by atoms with Crippen molar-refractivity contribution >= 4 is 10.0 Å². The Labute approximate surface area is 161 Å². The van der Waals surface area contributed by atoms with E-state index in [1.807, 2.05) is 0 Å². The van der Waals surface area contributed by atoms with Gasteiger partial charge < -0.3 is 4.74 Å². The molecule has 0 aliphatic carbocycles. The van der Waals surface area contributed by atoms with Gasteiger partial charge in [0.15, 0.2) is 0 Å². The Balaban J connectivity index is 2.15. The van der Waals surface area contributed by atoms with Gasteiger partial charge in [-0.05, 0) is 35.9 Å². The van der Waals surface area contributed by atoms with Crippen LogP contribution in [0, 0.1) is 11.6 Å². The molecule has 5 nitrogen and oxygen atoms in total. The van der Waals surface area contributed by atoms with E-state index in [1.165, 1.54) is 30.5 Å². The molecule has 0 atom stereocenters. The van der Waals surface area contributed by atoms with Gasteiger partial charge in [0.1, 0.15) is 22.3 Å². The van der Waals surface area contributed by atoms with Gasteiger partial charge in [0, 0.05) is 17.3 Å². The fourth-order valence-electron chi connectivity index (χ4n) is 2.64. The van der Waals surface area contributed by atoms with Crippen LogP contribution in [0.5, 0.6) is 5.75 Å². The molecule has 0 fully saturated rings. The molecule has 29 heavy (non-hydrogen) atoms. The van der Waals surface area contributed by atoms with Gasteiger partial charge in [-0.15, -0.1) is 13.2 Å². The minimum atomic E-state index is -4.91. The number of ether oxygens (including phenoxy) is 1. The first-order valence-corrected chi connectivity index (χ1v) is 9.34. The van der Waals surface area contributed by atoms with E-state index in [2.05, 4.69) is 9.72 Å². The number of rotatable bonds is 4. The summed E-state index contributed by atoms with van der Waals surface area (Å²) in [6.45, 7) is 0. The molecule has 2 aromatic carbocycles. The van der Waals surface area contributed by atoms with Gasteiger partial charge >= 0.3 is 6.36 Å². The molecule has 0 radical (unpaired) electrons. The highest BCUT2D eigenvalue weighted by Crippen LogP contribution is 2.35. The zero-order chi connectivity index (χ0) is 21.4. The molecule has 0 saturated carbocycles. The Morgan fingerprint density at radius 1 is 0.931 bits per heavy atom. The molecule has 0 spiro atoms. The second-order valence-corrected chi connectivity index (χ2v) is 7.31. The Bertz CT molecular complexity index is 1180. The molecule has 11 heteroatoms. The number of halogens is 5. The van der Waals surface area contributed by atoms with E-state index in [-0.39, 0.29) is 16.8 Å². The lowest BCUT2D eigenvalue weighted by Crippen LogP contribution is -2.17. The summed E-state index contributed by atoms with van der Waals surface area (Å²) in [6, 6.07) is 8.75. The van der Waals surface area contributed by atoms with Crippen LogP contribution in [-0.2, 0) is 10.0 Å². The van der Waals surface area contributed by atoms with Crippen LogP contribution in [0.2, 0.25) is 0 Å². The first-order valence-electron chi connectivity index (χ1n) is 7.79. The maximum absolute atomic E-state index is 14.5. The molecule has 152 valence electrons. The van der Waals surface area contributed by atoms with Crippen molar-refractivity contribution < 1.29 is 35.1 Å². The predicted molar refractivity (Wildman–Crippen MR) is 93.1 cm³/mol. The minimum absolute atomic E-state index is 0.117. The highest BCUT2D eigenvalue weighted by atomic mass is 32.2. The summed E-state index contributed by atoms with van der Waals surface area (Å²) in [4.78, 5) is 2.94. The summed E-state index contributed by atoms with van der Waals surface area (Å²) in [6.07, 6.45) is -3.64. The first-order chi connectivity index (χ1) is 13.5. The highest BCUT2D eigenvalue weighted by molar-refractivity contribution is 7.89. The second kappa shape index (κ2) is 7.41. The fraction of sp³-hybridized carbons (Fsp3) is 0.0556. The predicted octanol–water partition coefficient (Wildman–Crippen LogP) is 4.24. The SMILES string of the molecule is NS(=O)(=O)c1cc(F)c(-c2ncccc2-c2cccc(OC(F)(F)F)c2)cc1F. The number of hydrogen-bond acceptors (Lipinski definition) is 4. The molecule has 0 aliphatic rings. The number of nitrogens with two attached hydrogens (primary N) is 1. The quantitative estimate of drug-likeness (QED) is 0.628. The summed E-state index contributed by atoms with van der Waals surface area (Å²) >= 11 is 0. The number of pyridine rings is 1. The van der Waals surface area contributed by atoms with Gasteiger partial charge in [-0.1, -0.05) is 18.2 Å². The van der Waals surface area contributed by atoms with Crippen molar-refractivity contribution in [2.24, 2.45) is 5.14 Å². The molecule has 1 aromatic heterocycles. The molecule has 2 N–H and O–H groups in total. The van der Waals surface area contributed by atoms with Crippen LogP contribution >= 0.6 is 0 Å². The van der Waals surface area contributed by atoms with Gasteiger partial charge in [-0.25, -0.2) is 22.3 Å². The monoisotopic (exact) mass is 430 g/mol. The number of benzene rings is 2. The average Bonchev–Trinajstić information content (AvgIpc) is 2.61. The van der Waals surface area contributed by atoms with E-state index in [0.717, 1.165) is 12.1 Å². The largest absolute Gasteiger partial charge is 0.573 e. The highest BCUT2D eigenvalue weighted by Gasteiger charge is 2.31. The van der Waals surface area contributed by atoms with Crippen molar-refractivity contribution in [3.8, 4) is 28.1 Å². The Morgan fingerprint density at radius 2 is 1.66 bits per heavy atom. The molecular weight excluding hydrogens is 419 g/mol. The summed E-state index contributed by atoms with van der Waals surface area (Å²) < 4.78 is 92.7. The number of sulfonamides is 1. The molecule has 1 heterocycles. The maximum atomic E-state index is 14.5. The van der Waals surface area contributed by atoms with Crippen LogP contribution in [-0.4, -0.2) is 19.8 Å². The lowest BCUT2D eigenvalue weighted by molar-refractivity contribution is -0.274. The van der Waals surface area contributed by atoms with Crippen LogP contribution in [0.25, 0.3) is 22.4 Å². The van der Waals surface area contributed by atoms with Gasteiger partial charge in [0.2, 0.25) is 10.0 Å². The van der Waals surface area contributed by atoms with Crippen molar-refractivity contribution in [2.75, 3.05) is 0 Å². The third-order valence-corrected chi connectivity index (χ3v) is 4.70. The topological polar surface area (TPSA) is 82.3 Å². The lowest BCUT2D eigenvalue weighted by Gasteiger charge is -2.13. The fourth-order valence-corrected chi connectivity index (χ4v) is 3.24. The first kappa shape index (κ1) is 20.7. The summed E-state index contributed by atoms with van der Waals surface area (Å²) in [5.74, 6) is -2.94. The van der Waals surface area contributed by atoms with Gasteiger partial charge in [-0.2, -0.15) is 0 Å². The molecular formula is C18H11F5N2O3S. The van der Waals surface area contributed by atoms with Crippen molar-refractivity contribution in [3.63, 3.8) is 0 Å². The third kappa shape index (κ3) is 4.69. The average molecular weight is 430 g/mol. The van der Waals surface area contributed by atoms with Crippen LogP contribution < -0.4 is 9.88 Å². The number of nitrogens with zero attached hydrogens (tertiary/aromatic N) is 1. The Kier molecular flexibility index (Phi) is 5.28. The van der Waals surface area contributed by atoms with Crippen LogP contribution in [0.4, 0.5) is 22.0 Å². The van der Waals surface area contributed by atoms with Gasteiger partial charge in [-0.3, -0.25) is 4.98 Å². The second-order valence-electron chi connectivity index (χ2n) is 5.78. The van der Waals surface area contributed by atoms with Crippen molar-refractivity contribution in [2.45, 2.75) is 11.3 Å². The van der Waals surface area contributed by atoms with Crippen LogP contribution in [0.3, 0.4) is 0 Å². The number of primary sulfonamides is 1. The number of alkyl halides is 3. The maximum Gasteiger partial charge on any atom is 0.573 e. The van der Waals surface area contributed by atoms with E-state index >= 15 is 0 Å². The van der Waals surface area contributed by atoms with Crippen molar-refractivity contribution in [1.82, 2.24) is 4.98 Å². The number of hydrogen-bond donors (Lipinski definition) is 1. The molecule has 0 saturated heterocycles. The van der Waals surface area contributed by atoms with E-state index in [1.54, 1.807) is 0 Å². The van der Waals surface area contributed by atoms with Crippen molar-refractivity contribution in [3.05, 3.63) is 66.4 Å². The number of aromatic nitrogens is 1. The summed E-state index contributed by atoms with van der Waals surface area (Å²) in [5.41, 5.74) is -0.159. The van der Waals surface area contributed by atoms with Crippen LogP contribution in [0.15, 0.2) is 59.6 Å². The molecule has 3 rings (SSSR count). The molecule has 0 unspecified atom stereocenters. The van der Waals surface area contributed by atoms with E-state index < -0.39 is 44.2 Å². The zero-order valence-electron chi connectivity index (χ0n) is 14.2. The standard InChI is InChI=1S/C18H11F5N2O3S/c19-14-9-16(29(24,26)27)15(20)8-13(14)17-12(5-2-6-25-17)10-3-1-4-11(7-10)28-18(21,22)23/h1-9H,(H2,24,26,27). The van der Waals surface area contributed by atoms with Crippen LogP contribution in [0.1, 0.15) is 0 Å². The lowest BCUT2D eigenvalue weighted by atomic mass is 9.99. The summed E-state index contributed by atoms with van der Waals surface area (Å²) in [7, 11) is -4.50. The minimum Gasteiger partial charge on any atom is -0.406 e. The Morgan fingerprint density at radius 3 is 2.31 bits per heavy atom. The normalized spacial score (nSPS) is 12.1.